The van der Waals surface area contributed by atoms with Gasteiger partial charge in [0.05, 0.1) is 17.2 Å². The first-order valence-electron chi connectivity index (χ1n) is 8.96. The number of carbonyl (C=O) groups excluding carboxylic acids is 1. The first-order chi connectivity index (χ1) is 12.1. The Morgan fingerprint density at radius 1 is 1.32 bits per heavy atom. The van der Waals surface area contributed by atoms with Crippen molar-refractivity contribution in [2.75, 3.05) is 19.7 Å². The van der Waals surface area contributed by atoms with E-state index in [1.165, 1.54) is 4.68 Å². The molecule has 0 radical (unpaired) electrons. The van der Waals surface area contributed by atoms with E-state index in [1.54, 1.807) is 11.0 Å². The summed E-state index contributed by atoms with van der Waals surface area (Å²) in [5.41, 5.74) is 0.538. The van der Waals surface area contributed by atoms with Crippen LogP contribution in [0.5, 0.6) is 0 Å². The number of benzene rings is 1. The first-order valence-corrected chi connectivity index (χ1v) is 8.96. The lowest BCUT2D eigenvalue weighted by Gasteiger charge is -2.32. The van der Waals surface area contributed by atoms with Crippen LogP contribution in [0, 0.1) is 6.92 Å². The van der Waals surface area contributed by atoms with E-state index in [1.807, 2.05) is 25.1 Å². The number of fused-ring (bicyclic) bond motifs is 1. The summed E-state index contributed by atoms with van der Waals surface area (Å²) in [6.45, 7) is 5.94. The third kappa shape index (κ3) is 3.90. The minimum Gasteiger partial charge on any atom is -0.376 e. The van der Waals surface area contributed by atoms with Crippen molar-refractivity contribution in [3.8, 4) is 0 Å². The molecule has 25 heavy (non-hydrogen) atoms. The summed E-state index contributed by atoms with van der Waals surface area (Å²) in [4.78, 5) is 27.1. The normalized spacial score (nSPS) is 17.8. The maximum Gasteiger partial charge on any atom is 0.275 e. The minimum atomic E-state index is -0.217. The summed E-state index contributed by atoms with van der Waals surface area (Å²) < 4.78 is 7.07. The van der Waals surface area contributed by atoms with Gasteiger partial charge in [-0.25, -0.2) is 4.68 Å². The van der Waals surface area contributed by atoms with Crippen molar-refractivity contribution in [1.82, 2.24) is 14.7 Å². The number of amides is 1. The molecule has 0 saturated carbocycles. The Morgan fingerprint density at radius 3 is 2.84 bits per heavy atom. The Bertz CT molecular complexity index is 815. The molecule has 134 valence electrons. The lowest BCUT2D eigenvalue weighted by atomic mass is 10.1. The second-order valence-corrected chi connectivity index (χ2v) is 6.57. The zero-order valence-electron chi connectivity index (χ0n) is 14.9. The topological polar surface area (TPSA) is 64.4 Å². The molecule has 1 aliphatic heterocycles. The van der Waals surface area contributed by atoms with Crippen LogP contribution < -0.4 is 5.56 Å². The van der Waals surface area contributed by atoms with Gasteiger partial charge in [-0.15, -0.1) is 0 Å². The van der Waals surface area contributed by atoms with Gasteiger partial charge in [-0.05, 0) is 32.3 Å². The van der Waals surface area contributed by atoms with E-state index in [2.05, 4.69) is 12.0 Å². The summed E-state index contributed by atoms with van der Waals surface area (Å²) in [5.74, 6) is -0.0749. The smallest absolute Gasteiger partial charge is 0.275 e. The van der Waals surface area contributed by atoms with Crippen molar-refractivity contribution >= 4 is 16.7 Å². The predicted octanol–water partition coefficient (Wildman–Crippen LogP) is 2.12. The minimum absolute atomic E-state index is 0.0228. The summed E-state index contributed by atoms with van der Waals surface area (Å²) in [6, 6.07) is 7.38. The maximum absolute atomic E-state index is 12.7. The summed E-state index contributed by atoms with van der Waals surface area (Å²) >= 11 is 0. The Balaban J connectivity index is 1.76. The quantitative estimate of drug-likeness (QED) is 0.834. The molecule has 1 aromatic carbocycles. The molecule has 1 amide bonds. The largest absolute Gasteiger partial charge is 0.376 e. The zero-order chi connectivity index (χ0) is 17.8. The van der Waals surface area contributed by atoms with Crippen molar-refractivity contribution in [2.24, 2.45) is 0 Å². The lowest BCUT2D eigenvalue weighted by Crippen LogP contribution is -2.45. The van der Waals surface area contributed by atoms with E-state index in [4.69, 9.17) is 4.74 Å². The van der Waals surface area contributed by atoms with Crippen LogP contribution in [-0.2, 0) is 16.1 Å². The molecule has 2 heterocycles. The molecular weight excluding hydrogens is 318 g/mol. The zero-order valence-corrected chi connectivity index (χ0v) is 14.9. The van der Waals surface area contributed by atoms with Crippen LogP contribution in [0.15, 0.2) is 29.1 Å². The van der Waals surface area contributed by atoms with Crippen LogP contribution in [0.3, 0.4) is 0 Å². The Kier molecular flexibility index (Phi) is 5.48. The van der Waals surface area contributed by atoms with Gasteiger partial charge in [0, 0.05) is 25.1 Å². The van der Waals surface area contributed by atoms with Gasteiger partial charge in [0.2, 0.25) is 5.91 Å². The summed E-state index contributed by atoms with van der Waals surface area (Å²) in [6.07, 6.45) is 2.98. The molecule has 1 aromatic heterocycles. The summed E-state index contributed by atoms with van der Waals surface area (Å²) in [7, 11) is 0. The Morgan fingerprint density at radius 2 is 2.08 bits per heavy atom. The van der Waals surface area contributed by atoms with Crippen molar-refractivity contribution in [3.63, 3.8) is 0 Å². The standard InChI is InChI=1S/C19H25N3O3/c1-3-11-25-15-7-6-10-21(12-15)18(23)13-22-19(24)17-9-5-4-8-16(17)14(2)20-22/h4-5,8-9,15H,3,6-7,10-13H2,1-2H3/t15-/m1/s1. The number of hydrogen-bond acceptors (Lipinski definition) is 4. The van der Waals surface area contributed by atoms with E-state index in [0.717, 1.165) is 36.9 Å². The third-order valence-corrected chi connectivity index (χ3v) is 4.63. The molecule has 1 fully saturated rings. The number of piperidine rings is 1. The van der Waals surface area contributed by atoms with Gasteiger partial charge in [-0.3, -0.25) is 9.59 Å². The third-order valence-electron chi connectivity index (χ3n) is 4.63. The molecule has 3 rings (SSSR count). The van der Waals surface area contributed by atoms with E-state index in [9.17, 15) is 9.59 Å². The number of aromatic nitrogens is 2. The number of likely N-dealkylation sites (tertiary alicyclic amines) is 1. The van der Waals surface area contributed by atoms with Crippen molar-refractivity contribution in [1.29, 1.82) is 0 Å². The Labute approximate surface area is 147 Å². The van der Waals surface area contributed by atoms with E-state index >= 15 is 0 Å². The van der Waals surface area contributed by atoms with Gasteiger partial charge in [0.1, 0.15) is 6.54 Å². The second kappa shape index (κ2) is 7.78. The van der Waals surface area contributed by atoms with Crippen molar-refractivity contribution in [2.45, 2.75) is 45.8 Å². The molecule has 1 atom stereocenters. The van der Waals surface area contributed by atoms with Crippen LogP contribution in [0.4, 0.5) is 0 Å². The number of aryl methyl sites for hydroxylation is 1. The van der Waals surface area contributed by atoms with E-state index in [0.29, 0.717) is 18.5 Å². The number of carbonyl (C=O) groups is 1. The number of ether oxygens (including phenoxy) is 1. The molecule has 0 bridgehead atoms. The fourth-order valence-electron chi connectivity index (χ4n) is 3.33. The van der Waals surface area contributed by atoms with Gasteiger partial charge in [0.15, 0.2) is 0 Å². The van der Waals surface area contributed by atoms with Crippen LogP contribution in [0.2, 0.25) is 0 Å². The van der Waals surface area contributed by atoms with Gasteiger partial charge in [-0.2, -0.15) is 5.10 Å². The van der Waals surface area contributed by atoms with Crippen LogP contribution in [0.1, 0.15) is 31.9 Å². The SMILES string of the molecule is CCCO[C@@H]1CCCN(C(=O)Cn2nc(C)c3ccccc3c2=O)C1. The Hall–Kier alpha value is -2.21. The highest BCUT2D eigenvalue weighted by molar-refractivity contribution is 5.83. The van der Waals surface area contributed by atoms with E-state index < -0.39 is 0 Å². The molecule has 6 heteroatoms. The fourth-order valence-corrected chi connectivity index (χ4v) is 3.33. The summed E-state index contributed by atoms with van der Waals surface area (Å²) in [5, 5.41) is 5.77. The number of rotatable bonds is 5. The van der Waals surface area contributed by atoms with Crippen molar-refractivity contribution in [3.05, 3.63) is 40.3 Å². The molecular formula is C19H25N3O3. The lowest BCUT2D eigenvalue weighted by molar-refractivity contribution is -0.136. The maximum atomic E-state index is 12.7. The van der Waals surface area contributed by atoms with Gasteiger partial charge < -0.3 is 9.64 Å². The van der Waals surface area contributed by atoms with Crippen LogP contribution in [-0.4, -0.2) is 46.4 Å². The highest BCUT2D eigenvalue weighted by Crippen LogP contribution is 2.15. The fraction of sp³-hybridized carbons (Fsp3) is 0.526. The predicted molar refractivity (Wildman–Crippen MR) is 96.6 cm³/mol. The highest BCUT2D eigenvalue weighted by atomic mass is 16.5. The number of hydrogen-bond donors (Lipinski definition) is 0. The molecule has 0 N–H and O–H groups in total. The van der Waals surface area contributed by atoms with E-state index in [-0.39, 0.29) is 24.1 Å². The molecule has 6 nitrogen and oxygen atoms in total. The molecule has 0 spiro atoms. The second-order valence-electron chi connectivity index (χ2n) is 6.57. The molecule has 2 aromatic rings. The first kappa shape index (κ1) is 17.6. The van der Waals surface area contributed by atoms with Crippen LogP contribution >= 0.6 is 0 Å². The average Bonchev–Trinajstić information content (AvgIpc) is 2.64. The highest BCUT2D eigenvalue weighted by Gasteiger charge is 2.24. The molecule has 0 aliphatic carbocycles. The number of nitrogens with zero attached hydrogens (tertiary/aromatic N) is 3. The van der Waals surface area contributed by atoms with Crippen LogP contribution in [0.25, 0.3) is 10.8 Å². The molecule has 0 unspecified atom stereocenters. The monoisotopic (exact) mass is 343 g/mol. The van der Waals surface area contributed by atoms with Gasteiger partial charge in [0.25, 0.3) is 5.56 Å². The van der Waals surface area contributed by atoms with Crippen molar-refractivity contribution < 1.29 is 9.53 Å². The average molecular weight is 343 g/mol. The van der Waals surface area contributed by atoms with Gasteiger partial charge in [-0.1, -0.05) is 25.1 Å². The van der Waals surface area contributed by atoms with Gasteiger partial charge >= 0.3 is 0 Å². The molecule has 1 saturated heterocycles. The molecule has 1 aliphatic rings.